The summed E-state index contributed by atoms with van der Waals surface area (Å²) in [5.74, 6) is 5.20. The minimum absolute atomic E-state index is 0.126. The lowest BCUT2D eigenvalue weighted by Gasteiger charge is -2.41. The van der Waals surface area contributed by atoms with Gasteiger partial charge in [-0.2, -0.15) is 0 Å². The maximum atomic E-state index is 11.8. The third-order valence-electron chi connectivity index (χ3n) is 7.05. The molecular weight excluding hydrogens is 276 g/mol. The van der Waals surface area contributed by atoms with Gasteiger partial charge < -0.3 is 9.53 Å². The number of esters is 1. The van der Waals surface area contributed by atoms with E-state index in [0.717, 1.165) is 42.4 Å². The van der Waals surface area contributed by atoms with Crippen molar-refractivity contribution in [2.24, 2.45) is 41.4 Å². The Morgan fingerprint density at radius 3 is 2.32 bits per heavy atom. The highest BCUT2D eigenvalue weighted by molar-refractivity contribution is 5.87. The van der Waals surface area contributed by atoms with Crippen LogP contribution in [-0.2, 0) is 14.3 Å². The minimum Gasteiger partial charge on any atom is -0.459 e. The molecular formula is C19H26O3. The average Bonchev–Trinajstić information content (AvgIpc) is 3.13. The van der Waals surface area contributed by atoms with Crippen molar-refractivity contribution < 1.29 is 14.3 Å². The third-order valence-corrected chi connectivity index (χ3v) is 7.05. The number of hydrogen-bond acceptors (Lipinski definition) is 3. The van der Waals surface area contributed by atoms with Gasteiger partial charge in [-0.3, -0.25) is 0 Å². The van der Waals surface area contributed by atoms with E-state index < -0.39 is 0 Å². The van der Waals surface area contributed by atoms with E-state index in [4.69, 9.17) is 4.74 Å². The molecule has 3 heteroatoms. The lowest BCUT2D eigenvalue weighted by Crippen LogP contribution is -2.39. The summed E-state index contributed by atoms with van der Waals surface area (Å²) >= 11 is 0. The molecule has 4 aliphatic rings. The first-order chi connectivity index (χ1) is 10.5. The molecule has 8 atom stereocenters. The van der Waals surface area contributed by atoms with Crippen molar-refractivity contribution in [3.63, 3.8) is 0 Å². The Kier molecular flexibility index (Phi) is 3.25. The van der Waals surface area contributed by atoms with Crippen LogP contribution >= 0.6 is 0 Å². The molecule has 0 aromatic heterocycles. The Labute approximate surface area is 132 Å². The topological polar surface area (TPSA) is 43.4 Å². The standard InChI is InChI=1S/C19H26O3/c1-9(2)19(21)22-16-8-13-7-15(16)18-12-5-11(4-10(3)20)14(6-12)17(13)18/h11-18H,1,4-8H2,2-3H3. The zero-order chi connectivity index (χ0) is 15.6. The highest BCUT2D eigenvalue weighted by atomic mass is 16.5. The molecule has 120 valence electrons. The SMILES string of the molecule is C=C(C)C(=O)OC1CC2CC1C1C3CC(CC(C)=O)C(C3)C21. The Balaban J connectivity index is 1.47. The zero-order valence-corrected chi connectivity index (χ0v) is 13.6. The van der Waals surface area contributed by atoms with Crippen LogP contribution in [0.4, 0.5) is 0 Å². The van der Waals surface area contributed by atoms with Gasteiger partial charge in [-0.15, -0.1) is 0 Å². The van der Waals surface area contributed by atoms with E-state index in [1.54, 1.807) is 13.8 Å². The second kappa shape index (κ2) is 4.94. The van der Waals surface area contributed by atoms with Crippen LogP contribution in [0.2, 0.25) is 0 Å². The molecule has 8 unspecified atom stereocenters. The summed E-state index contributed by atoms with van der Waals surface area (Å²) in [7, 11) is 0. The van der Waals surface area contributed by atoms with Crippen LogP contribution in [0.3, 0.4) is 0 Å². The van der Waals surface area contributed by atoms with Gasteiger partial charge in [0.2, 0.25) is 0 Å². The third kappa shape index (κ3) is 2.00. The lowest BCUT2D eigenvalue weighted by atomic mass is 9.66. The molecule has 0 aromatic carbocycles. The average molecular weight is 302 g/mol. The van der Waals surface area contributed by atoms with Crippen molar-refractivity contribution in [1.29, 1.82) is 0 Å². The summed E-state index contributed by atoms with van der Waals surface area (Å²) in [4.78, 5) is 23.3. The molecule has 0 heterocycles. The van der Waals surface area contributed by atoms with Crippen molar-refractivity contribution in [2.75, 3.05) is 0 Å². The molecule has 0 radical (unpaired) electrons. The van der Waals surface area contributed by atoms with Gasteiger partial charge in [0.15, 0.2) is 0 Å². The largest absolute Gasteiger partial charge is 0.459 e. The number of hydrogen-bond donors (Lipinski definition) is 0. The first-order valence-corrected chi connectivity index (χ1v) is 8.81. The van der Waals surface area contributed by atoms with Gasteiger partial charge in [-0.25, -0.2) is 4.79 Å². The molecule has 0 amide bonds. The maximum absolute atomic E-state index is 11.8. The number of fused-ring (bicyclic) bond motifs is 9. The van der Waals surface area contributed by atoms with E-state index in [2.05, 4.69) is 6.58 Å². The number of ether oxygens (including phenoxy) is 1. The quantitative estimate of drug-likeness (QED) is 0.454. The van der Waals surface area contributed by atoms with Crippen LogP contribution in [0.5, 0.6) is 0 Å². The Morgan fingerprint density at radius 2 is 1.64 bits per heavy atom. The first-order valence-electron chi connectivity index (χ1n) is 8.81. The van der Waals surface area contributed by atoms with Crippen molar-refractivity contribution >= 4 is 11.8 Å². The van der Waals surface area contributed by atoms with E-state index in [-0.39, 0.29) is 12.1 Å². The van der Waals surface area contributed by atoms with Gasteiger partial charge >= 0.3 is 5.97 Å². The van der Waals surface area contributed by atoms with Gasteiger partial charge in [0, 0.05) is 12.0 Å². The number of carbonyl (C=O) groups excluding carboxylic acids is 2. The second-order valence-corrected chi connectivity index (χ2v) is 8.34. The van der Waals surface area contributed by atoms with E-state index >= 15 is 0 Å². The number of rotatable bonds is 4. The van der Waals surface area contributed by atoms with E-state index in [9.17, 15) is 9.59 Å². The zero-order valence-electron chi connectivity index (χ0n) is 13.6. The molecule has 4 rings (SSSR count). The predicted octanol–water partition coefficient (Wildman–Crippen LogP) is 3.38. The van der Waals surface area contributed by atoms with Gasteiger partial charge in [0.1, 0.15) is 11.9 Å². The molecule has 3 nitrogen and oxygen atoms in total. The van der Waals surface area contributed by atoms with Gasteiger partial charge in [-0.05, 0) is 81.0 Å². The highest BCUT2D eigenvalue weighted by Gasteiger charge is 2.65. The summed E-state index contributed by atoms with van der Waals surface area (Å²) in [6, 6.07) is 0. The Bertz CT molecular complexity index is 537. The number of ketones is 1. The summed E-state index contributed by atoms with van der Waals surface area (Å²) < 4.78 is 5.72. The monoisotopic (exact) mass is 302 g/mol. The van der Waals surface area contributed by atoms with Gasteiger partial charge in [-0.1, -0.05) is 6.58 Å². The maximum Gasteiger partial charge on any atom is 0.333 e. The van der Waals surface area contributed by atoms with Crippen LogP contribution in [0.25, 0.3) is 0 Å². The smallest absolute Gasteiger partial charge is 0.333 e. The fourth-order valence-electron chi connectivity index (χ4n) is 6.65. The van der Waals surface area contributed by atoms with Crippen LogP contribution in [0.1, 0.15) is 46.0 Å². The number of carbonyl (C=O) groups is 2. The fraction of sp³-hybridized carbons (Fsp3) is 0.789. The fourth-order valence-corrected chi connectivity index (χ4v) is 6.65. The Morgan fingerprint density at radius 1 is 1.00 bits per heavy atom. The first kappa shape index (κ1) is 14.5. The van der Waals surface area contributed by atoms with Crippen LogP contribution in [0, 0.1) is 41.4 Å². The number of Topliss-reactive ketones (excluding diaryl/α,β-unsaturated/α-hetero) is 1. The van der Waals surface area contributed by atoms with E-state index in [0.29, 0.717) is 23.2 Å². The van der Waals surface area contributed by atoms with Crippen molar-refractivity contribution in [3.05, 3.63) is 12.2 Å². The molecule has 4 fully saturated rings. The summed E-state index contributed by atoms with van der Waals surface area (Å²) in [6.07, 6.45) is 5.75. The second-order valence-electron chi connectivity index (χ2n) is 8.34. The molecule has 0 spiro atoms. The van der Waals surface area contributed by atoms with Crippen molar-refractivity contribution in [2.45, 2.75) is 52.1 Å². The molecule has 4 saturated carbocycles. The van der Waals surface area contributed by atoms with Crippen LogP contribution in [0.15, 0.2) is 12.2 Å². The molecule has 22 heavy (non-hydrogen) atoms. The van der Waals surface area contributed by atoms with Crippen LogP contribution < -0.4 is 0 Å². The lowest BCUT2D eigenvalue weighted by molar-refractivity contribution is -0.149. The minimum atomic E-state index is -0.216. The van der Waals surface area contributed by atoms with Crippen LogP contribution in [-0.4, -0.2) is 17.9 Å². The van der Waals surface area contributed by atoms with Crippen molar-refractivity contribution in [1.82, 2.24) is 0 Å². The summed E-state index contributed by atoms with van der Waals surface area (Å²) in [6.45, 7) is 7.15. The Hall–Kier alpha value is -1.12. The molecule has 0 aliphatic heterocycles. The molecule has 4 bridgehead atoms. The highest BCUT2D eigenvalue weighted by Crippen LogP contribution is 2.69. The van der Waals surface area contributed by atoms with Crippen molar-refractivity contribution in [3.8, 4) is 0 Å². The molecule has 0 N–H and O–H groups in total. The van der Waals surface area contributed by atoms with E-state index in [1.807, 2.05) is 0 Å². The summed E-state index contributed by atoms with van der Waals surface area (Å²) in [5, 5.41) is 0. The van der Waals surface area contributed by atoms with Gasteiger partial charge in [0.25, 0.3) is 0 Å². The summed E-state index contributed by atoms with van der Waals surface area (Å²) in [5.41, 5.74) is 0.508. The predicted molar refractivity (Wildman–Crippen MR) is 82.9 cm³/mol. The van der Waals surface area contributed by atoms with E-state index in [1.165, 1.54) is 19.3 Å². The molecule has 4 aliphatic carbocycles. The molecule has 0 saturated heterocycles. The molecule has 0 aromatic rings. The van der Waals surface area contributed by atoms with Gasteiger partial charge in [0.05, 0.1) is 0 Å². The normalized spacial score (nSPS) is 47.5.